The zero-order chi connectivity index (χ0) is 20.2. The van der Waals surface area contributed by atoms with Crippen molar-refractivity contribution in [1.82, 2.24) is 14.9 Å². The molecule has 150 valence electrons. The monoisotopic (exact) mass is 392 g/mol. The second-order valence-corrected chi connectivity index (χ2v) is 6.98. The summed E-state index contributed by atoms with van der Waals surface area (Å²) >= 11 is 0. The minimum atomic E-state index is -0.896. The number of aromatic nitrogens is 2. The van der Waals surface area contributed by atoms with Crippen molar-refractivity contribution in [3.63, 3.8) is 0 Å². The maximum absolute atomic E-state index is 12.9. The Bertz CT molecular complexity index is 1030. The number of ether oxygens (including phenoxy) is 1. The molecule has 0 saturated carbocycles. The molecule has 1 aromatic heterocycles. The van der Waals surface area contributed by atoms with Gasteiger partial charge >= 0.3 is 0 Å². The Morgan fingerprint density at radius 2 is 2.00 bits per heavy atom. The van der Waals surface area contributed by atoms with Gasteiger partial charge in [-0.05, 0) is 42.9 Å². The van der Waals surface area contributed by atoms with Gasteiger partial charge in [-0.1, -0.05) is 19.1 Å². The van der Waals surface area contributed by atoms with E-state index in [-0.39, 0.29) is 11.7 Å². The number of rotatable bonds is 7. The van der Waals surface area contributed by atoms with E-state index in [0.29, 0.717) is 31.1 Å². The maximum Gasteiger partial charge on any atom is 0.242 e. The minimum Gasteiger partial charge on any atom is -0.492 e. The van der Waals surface area contributed by atoms with E-state index in [9.17, 15) is 9.59 Å². The van der Waals surface area contributed by atoms with Crippen LogP contribution in [0.5, 0.6) is 5.75 Å². The van der Waals surface area contributed by atoms with Gasteiger partial charge in [-0.3, -0.25) is 9.59 Å². The summed E-state index contributed by atoms with van der Waals surface area (Å²) in [5.41, 5.74) is 2.37. The summed E-state index contributed by atoms with van der Waals surface area (Å²) < 4.78 is 7.61. The fourth-order valence-electron chi connectivity index (χ4n) is 3.59. The van der Waals surface area contributed by atoms with Crippen LogP contribution in [0.25, 0.3) is 11.0 Å². The van der Waals surface area contributed by atoms with Gasteiger partial charge in [-0.2, -0.15) is 0 Å². The molecule has 7 heteroatoms. The standard InChI is InChI=1S/C22H24N4O3/c1-2-23-12-14-29-16-9-7-15(8-10-16)24-22(28)20-19(27)11-13-26-18-6-4-3-5-17(18)25-21(20)26/h3-10,20,23H,2,11-14H2,1H3,(H,24,28). The zero-order valence-electron chi connectivity index (χ0n) is 16.4. The molecule has 4 rings (SSSR count). The molecule has 2 aromatic carbocycles. The lowest BCUT2D eigenvalue weighted by Crippen LogP contribution is -2.34. The van der Waals surface area contributed by atoms with Crippen LogP contribution < -0.4 is 15.4 Å². The van der Waals surface area contributed by atoms with Crippen molar-refractivity contribution >= 4 is 28.4 Å². The van der Waals surface area contributed by atoms with Crippen molar-refractivity contribution in [2.45, 2.75) is 25.8 Å². The number of nitrogens with zero attached hydrogens (tertiary/aromatic N) is 2. The lowest BCUT2D eigenvalue weighted by molar-refractivity contribution is -0.128. The minimum absolute atomic E-state index is 0.103. The second-order valence-electron chi connectivity index (χ2n) is 6.98. The molecule has 2 heterocycles. The number of hydrogen-bond acceptors (Lipinski definition) is 5. The molecule has 29 heavy (non-hydrogen) atoms. The SMILES string of the molecule is CCNCCOc1ccc(NC(=O)C2C(=O)CCn3c2nc2ccccc23)cc1. The topological polar surface area (TPSA) is 85.3 Å². The summed E-state index contributed by atoms with van der Waals surface area (Å²) in [7, 11) is 0. The highest BCUT2D eigenvalue weighted by atomic mass is 16.5. The van der Waals surface area contributed by atoms with Gasteiger partial charge in [-0.15, -0.1) is 0 Å². The van der Waals surface area contributed by atoms with Gasteiger partial charge in [0.2, 0.25) is 5.91 Å². The predicted octanol–water partition coefficient (Wildman–Crippen LogP) is 2.72. The number of fused-ring (bicyclic) bond motifs is 3. The number of benzene rings is 2. The molecule has 7 nitrogen and oxygen atoms in total. The predicted molar refractivity (Wildman–Crippen MR) is 111 cm³/mol. The Morgan fingerprint density at radius 3 is 2.79 bits per heavy atom. The van der Waals surface area contributed by atoms with E-state index in [1.807, 2.05) is 35.8 Å². The van der Waals surface area contributed by atoms with Crippen LogP contribution in [0.2, 0.25) is 0 Å². The third kappa shape index (κ3) is 4.00. The third-order valence-electron chi connectivity index (χ3n) is 5.03. The molecule has 0 radical (unpaired) electrons. The Hall–Kier alpha value is -3.19. The quantitative estimate of drug-likeness (QED) is 0.477. The number of amides is 1. The zero-order valence-corrected chi connectivity index (χ0v) is 16.4. The fraction of sp³-hybridized carbons (Fsp3) is 0.318. The maximum atomic E-state index is 12.9. The number of carbonyl (C=O) groups excluding carboxylic acids is 2. The molecule has 2 N–H and O–H groups in total. The average molecular weight is 392 g/mol. The Morgan fingerprint density at radius 1 is 1.21 bits per heavy atom. The summed E-state index contributed by atoms with van der Waals surface area (Å²) in [5, 5.41) is 6.04. The van der Waals surface area contributed by atoms with Gasteiger partial charge in [0.25, 0.3) is 0 Å². The van der Waals surface area contributed by atoms with Crippen LogP contribution in [-0.2, 0) is 16.1 Å². The van der Waals surface area contributed by atoms with Gasteiger partial charge in [0.1, 0.15) is 18.2 Å². The number of nitrogens with one attached hydrogen (secondary N) is 2. The van der Waals surface area contributed by atoms with Crippen molar-refractivity contribution in [3.05, 3.63) is 54.4 Å². The summed E-state index contributed by atoms with van der Waals surface area (Å²) in [6.07, 6.45) is 0.323. The molecule has 1 unspecified atom stereocenters. The largest absolute Gasteiger partial charge is 0.492 e. The first kappa shape index (κ1) is 19.1. The normalized spacial score (nSPS) is 15.9. The van der Waals surface area contributed by atoms with Gasteiger partial charge < -0.3 is 19.9 Å². The summed E-state index contributed by atoms with van der Waals surface area (Å²) in [5.74, 6) is -0.104. The van der Waals surface area contributed by atoms with E-state index in [2.05, 4.69) is 15.6 Å². The molecule has 0 saturated heterocycles. The number of anilines is 1. The number of ketones is 1. The van der Waals surface area contributed by atoms with Crippen LogP contribution >= 0.6 is 0 Å². The Kier molecular flexibility index (Phi) is 5.57. The van der Waals surface area contributed by atoms with E-state index < -0.39 is 5.92 Å². The molecule has 0 bridgehead atoms. The number of likely N-dealkylation sites (N-methyl/N-ethyl adjacent to an activating group) is 1. The number of para-hydroxylation sites is 2. The molecule has 1 atom stereocenters. The Labute approximate surface area is 169 Å². The van der Waals surface area contributed by atoms with Crippen LogP contribution in [0.15, 0.2) is 48.5 Å². The van der Waals surface area contributed by atoms with E-state index >= 15 is 0 Å². The smallest absolute Gasteiger partial charge is 0.242 e. The molecule has 3 aromatic rings. The highest BCUT2D eigenvalue weighted by Gasteiger charge is 2.36. The van der Waals surface area contributed by atoms with Crippen LogP contribution in [0.3, 0.4) is 0 Å². The summed E-state index contributed by atoms with van der Waals surface area (Å²) in [6.45, 7) is 4.86. The first-order valence-corrected chi connectivity index (χ1v) is 9.89. The van der Waals surface area contributed by atoms with Gasteiger partial charge in [-0.25, -0.2) is 4.98 Å². The number of hydrogen-bond donors (Lipinski definition) is 2. The molecule has 0 aliphatic carbocycles. The number of aryl methyl sites for hydroxylation is 1. The van der Waals surface area contributed by atoms with Crippen molar-refractivity contribution in [3.8, 4) is 5.75 Å². The molecular formula is C22H24N4O3. The number of imidazole rings is 1. The van der Waals surface area contributed by atoms with E-state index in [1.54, 1.807) is 24.3 Å². The Balaban J connectivity index is 1.48. The van der Waals surface area contributed by atoms with Crippen LogP contribution in [0, 0.1) is 0 Å². The summed E-state index contributed by atoms with van der Waals surface area (Å²) in [6, 6.07) is 14.9. The number of Topliss-reactive ketones (excluding diaryl/α,β-unsaturated/α-hetero) is 1. The number of carbonyl (C=O) groups is 2. The van der Waals surface area contributed by atoms with Gasteiger partial charge in [0.15, 0.2) is 11.7 Å². The van der Waals surface area contributed by atoms with Crippen LogP contribution in [-0.4, -0.2) is 40.9 Å². The highest BCUT2D eigenvalue weighted by Crippen LogP contribution is 2.29. The molecular weight excluding hydrogens is 368 g/mol. The molecule has 1 aliphatic rings. The van der Waals surface area contributed by atoms with Crippen LogP contribution in [0.4, 0.5) is 5.69 Å². The second kappa shape index (κ2) is 8.45. The van der Waals surface area contributed by atoms with Crippen molar-refractivity contribution in [2.75, 3.05) is 25.0 Å². The van der Waals surface area contributed by atoms with Crippen molar-refractivity contribution in [2.24, 2.45) is 0 Å². The molecule has 1 amide bonds. The molecule has 0 spiro atoms. The average Bonchev–Trinajstić information content (AvgIpc) is 3.10. The lowest BCUT2D eigenvalue weighted by Gasteiger charge is -2.22. The van der Waals surface area contributed by atoms with E-state index in [1.165, 1.54) is 0 Å². The van der Waals surface area contributed by atoms with Crippen molar-refractivity contribution < 1.29 is 14.3 Å². The van der Waals surface area contributed by atoms with E-state index in [0.717, 1.165) is 29.9 Å². The van der Waals surface area contributed by atoms with Gasteiger partial charge in [0.05, 0.1) is 11.0 Å². The highest BCUT2D eigenvalue weighted by molar-refractivity contribution is 6.12. The fourth-order valence-corrected chi connectivity index (χ4v) is 3.59. The van der Waals surface area contributed by atoms with Gasteiger partial charge in [0, 0.05) is 25.2 Å². The first-order valence-electron chi connectivity index (χ1n) is 9.89. The molecule has 1 aliphatic heterocycles. The first-order chi connectivity index (χ1) is 14.2. The van der Waals surface area contributed by atoms with E-state index in [4.69, 9.17) is 4.74 Å². The lowest BCUT2D eigenvalue weighted by atomic mass is 9.96. The molecule has 0 fully saturated rings. The van der Waals surface area contributed by atoms with Crippen LogP contribution in [0.1, 0.15) is 25.1 Å². The summed E-state index contributed by atoms with van der Waals surface area (Å²) in [4.78, 5) is 30.0. The van der Waals surface area contributed by atoms with Crippen molar-refractivity contribution in [1.29, 1.82) is 0 Å². The third-order valence-corrected chi connectivity index (χ3v) is 5.03.